The van der Waals surface area contributed by atoms with E-state index >= 15 is 0 Å². The maximum Gasteiger partial charge on any atom is 0.326 e. The second kappa shape index (κ2) is 5.85. The first-order chi connectivity index (χ1) is 9.00. The topological polar surface area (TPSA) is 57.6 Å². The van der Waals surface area contributed by atoms with Crippen LogP contribution in [0.15, 0.2) is 18.2 Å². The second-order valence-corrected chi connectivity index (χ2v) is 5.63. The van der Waals surface area contributed by atoms with Gasteiger partial charge in [0.25, 0.3) is 5.91 Å². The first kappa shape index (κ1) is 14.2. The van der Waals surface area contributed by atoms with Gasteiger partial charge in [0.05, 0.1) is 5.56 Å². The van der Waals surface area contributed by atoms with Gasteiger partial charge in [-0.1, -0.05) is 0 Å². The van der Waals surface area contributed by atoms with Crippen LogP contribution in [0.2, 0.25) is 0 Å². The lowest BCUT2D eigenvalue weighted by atomic mass is 10.0. The number of benzene rings is 1. The van der Waals surface area contributed by atoms with Crippen LogP contribution in [0.5, 0.6) is 0 Å². The summed E-state index contributed by atoms with van der Waals surface area (Å²) in [7, 11) is 0. The van der Waals surface area contributed by atoms with Crippen LogP contribution in [0.4, 0.5) is 4.39 Å². The molecule has 0 aromatic heterocycles. The largest absolute Gasteiger partial charge is 0.480 e. The number of piperidine rings is 1. The van der Waals surface area contributed by atoms with E-state index in [1.54, 1.807) is 0 Å². The molecule has 1 aromatic rings. The van der Waals surface area contributed by atoms with Crippen molar-refractivity contribution in [3.63, 3.8) is 0 Å². The van der Waals surface area contributed by atoms with E-state index in [0.717, 1.165) is 12.8 Å². The number of aliphatic carboxylic acids is 1. The molecule has 1 heterocycles. The molecule has 1 unspecified atom stereocenters. The van der Waals surface area contributed by atoms with Crippen molar-refractivity contribution in [1.29, 1.82) is 0 Å². The smallest absolute Gasteiger partial charge is 0.326 e. The van der Waals surface area contributed by atoms with Gasteiger partial charge < -0.3 is 10.0 Å². The summed E-state index contributed by atoms with van der Waals surface area (Å²) in [6.07, 6.45) is 2.08. The number of rotatable bonds is 2. The summed E-state index contributed by atoms with van der Waals surface area (Å²) >= 11 is 1.89. The summed E-state index contributed by atoms with van der Waals surface area (Å²) in [5, 5.41) is 9.16. The SMILES string of the molecule is O=C(O)C1CCCCN1C(=O)c1ccc(F)cc1I. The number of halogens is 2. The molecule has 0 radical (unpaired) electrons. The van der Waals surface area contributed by atoms with Crippen LogP contribution in [0.25, 0.3) is 0 Å². The third-order valence-corrected chi connectivity index (χ3v) is 4.10. The highest BCUT2D eigenvalue weighted by atomic mass is 127. The van der Waals surface area contributed by atoms with Crippen molar-refractivity contribution in [1.82, 2.24) is 4.90 Å². The molecule has 1 aliphatic rings. The van der Waals surface area contributed by atoms with Crippen LogP contribution in [-0.4, -0.2) is 34.5 Å². The summed E-state index contributed by atoms with van der Waals surface area (Å²) in [6.45, 7) is 0.434. The Balaban J connectivity index is 2.28. The Morgan fingerprint density at radius 1 is 1.37 bits per heavy atom. The lowest BCUT2D eigenvalue weighted by molar-refractivity contribution is -0.143. The van der Waals surface area contributed by atoms with Gasteiger partial charge in [-0.15, -0.1) is 0 Å². The van der Waals surface area contributed by atoms with Crippen molar-refractivity contribution >= 4 is 34.5 Å². The lowest BCUT2D eigenvalue weighted by Gasteiger charge is -2.33. The highest BCUT2D eigenvalue weighted by molar-refractivity contribution is 14.1. The van der Waals surface area contributed by atoms with Crippen LogP contribution in [0.1, 0.15) is 29.6 Å². The van der Waals surface area contributed by atoms with E-state index < -0.39 is 17.8 Å². The van der Waals surface area contributed by atoms with Gasteiger partial charge in [-0.05, 0) is 60.1 Å². The van der Waals surface area contributed by atoms with E-state index in [2.05, 4.69) is 0 Å². The van der Waals surface area contributed by atoms with Gasteiger partial charge in [-0.2, -0.15) is 0 Å². The van der Waals surface area contributed by atoms with Gasteiger partial charge in [0.15, 0.2) is 0 Å². The fraction of sp³-hybridized carbons (Fsp3) is 0.385. The number of carbonyl (C=O) groups is 2. The molecule has 1 atom stereocenters. The zero-order valence-electron chi connectivity index (χ0n) is 10.1. The number of hydrogen-bond donors (Lipinski definition) is 1. The molecule has 6 heteroatoms. The van der Waals surface area contributed by atoms with E-state index in [9.17, 15) is 14.0 Å². The van der Waals surface area contributed by atoms with Gasteiger partial charge in [-0.3, -0.25) is 4.79 Å². The Morgan fingerprint density at radius 3 is 2.74 bits per heavy atom. The summed E-state index contributed by atoms with van der Waals surface area (Å²) < 4.78 is 13.5. The number of likely N-dealkylation sites (tertiary alicyclic amines) is 1. The molecular weight excluding hydrogens is 364 g/mol. The van der Waals surface area contributed by atoms with Crippen molar-refractivity contribution in [2.75, 3.05) is 6.54 Å². The molecule has 1 aromatic carbocycles. The van der Waals surface area contributed by atoms with E-state index in [-0.39, 0.29) is 5.91 Å². The normalized spacial score (nSPS) is 19.3. The van der Waals surface area contributed by atoms with E-state index in [4.69, 9.17) is 5.11 Å². The molecular formula is C13H13FINO3. The van der Waals surface area contributed by atoms with E-state index in [1.807, 2.05) is 22.6 Å². The van der Waals surface area contributed by atoms with Crippen LogP contribution < -0.4 is 0 Å². The molecule has 0 spiro atoms. The molecule has 102 valence electrons. The molecule has 1 fully saturated rings. The minimum Gasteiger partial charge on any atom is -0.480 e. The molecule has 1 saturated heterocycles. The van der Waals surface area contributed by atoms with Crippen LogP contribution in [0.3, 0.4) is 0 Å². The molecule has 0 aliphatic carbocycles. The number of carbonyl (C=O) groups excluding carboxylic acids is 1. The Kier molecular flexibility index (Phi) is 4.38. The van der Waals surface area contributed by atoms with Gasteiger partial charge in [0.1, 0.15) is 11.9 Å². The van der Waals surface area contributed by atoms with Crippen LogP contribution in [0, 0.1) is 9.39 Å². The first-order valence-electron chi connectivity index (χ1n) is 5.99. The lowest BCUT2D eigenvalue weighted by Crippen LogP contribution is -2.48. The number of amides is 1. The second-order valence-electron chi connectivity index (χ2n) is 4.47. The van der Waals surface area contributed by atoms with Crippen LogP contribution in [-0.2, 0) is 4.79 Å². The summed E-state index contributed by atoms with van der Waals surface area (Å²) in [5.41, 5.74) is 0.357. The van der Waals surface area contributed by atoms with Gasteiger partial charge >= 0.3 is 5.97 Å². The van der Waals surface area contributed by atoms with Crippen molar-refractivity contribution < 1.29 is 19.1 Å². The van der Waals surface area contributed by atoms with E-state index in [0.29, 0.717) is 22.1 Å². The molecule has 0 bridgehead atoms. The molecule has 0 saturated carbocycles. The highest BCUT2D eigenvalue weighted by Crippen LogP contribution is 2.22. The zero-order chi connectivity index (χ0) is 14.0. The van der Waals surface area contributed by atoms with Crippen molar-refractivity contribution in [3.05, 3.63) is 33.1 Å². The molecule has 1 N–H and O–H groups in total. The monoisotopic (exact) mass is 377 g/mol. The molecule has 4 nitrogen and oxygen atoms in total. The Labute approximate surface area is 123 Å². The quantitative estimate of drug-likeness (QED) is 0.806. The molecule has 19 heavy (non-hydrogen) atoms. The number of hydrogen-bond acceptors (Lipinski definition) is 2. The summed E-state index contributed by atoms with van der Waals surface area (Å²) in [5.74, 6) is -1.73. The number of carboxylic acid groups (broad SMARTS) is 1. The third-order valence-electron chi connectivity index (χ3n) is 3.21. The van der Waals surface area contributed by atoms with Crippen molar-refractivity contribution in [2.45, 2.75) is 25.3 Å². The van der Waals surface area contributed by atoms with Gasteiger partial charge in [-0.25, -0.2) is 9.18 Å². The maximum absolute atomic E-state index is 13.0. The predicted octanol–water partition coefficient (Wildman–Crippen LogP) is 2.51. The minimum absolute atomic E-state index is 0.337. The Morgan fingerprint density at radius 2 is 2.11 bits per heavy atom. The fourth-order valence-electron chi connectivity index (χ4n) is 2.25. The highest BCUT2D eigenvalue weighted by Gasteiger charge is 2.33. The van der Waals surface area contributed by atoms with Gasteiger partial charge in [0, 0.05) is 10.1 Å². The Bertz CT molecular complexity index is 521. The molecule has 1 amide bonds. The number of nitrogens with zero attached hydrogens (tertiary/aromatic N) is 1. The van der Waals surface area contributed by atoms with Gasteiger partial charge in [0.2, 0.25) is 0 Å². The predicted molar refractivity (Wildman–Crippen MR) is 75.4 cm³/mol. The molecule has 2 rings (SSSR count). The number of carboxylic acids is 1. The minimum atomic E-state index is -0.981. The summed E-state index contributed by atoms with van der Waals surface area (Å²) in [4.78, 5) is 24.9. The molecule has 1 aliphatic heterocycles. The Hall–Kier alpha value is -1.18. The summed E-state index contributed by atoms with van der Waals surface area (Å²) in [6, 6.07) is 3.12. The first-order valence-corrected chi connectivity index (χ1v) is 7.07. The van der Waals surface area contributed by atoms with E-state index in [1.165, 1.54) is 23.1 Å². The maximum atomic E-state index is 13.0. The van der Waals surface area contributed by atoms with Crippen molar-refractivity contribution in [3.8, 4) is 0 Å². The zero-order valence-corrected chi connectivity index (χ0v) is 12.3. The average molecular weight is 377 g/mol. The van der Waals surface area contributed by atoms with Crippen molar-refractivity contribution in [2.24, 2.45) is 0 Å². The third kappa shape index (κ3) is 3.05. The van der Waals surface area contributed by atoms with Crippen LogP contribution >= 0.6 is 22.6 Å². The standard InChI is InChI=1S/C13H13FINO3/c14-8-4-5-9(10(15)7-8)12(17)16-6-2-1-3-11(16)13(18)19/h4-5,7,11H,1-3,6H2,(H,18,19). The fourth-order valence-corrected chi connectivity index (χ4v) is 2.96. The average Bonchev–Trinajstić information content (AvgIpc) is 2.38.